The van der Waals surface area contributed by atoms with Crippen LogP contribution in [0.5, 0.6) is 5.75 Å². The van der Waals surface area contributed by atoms with Crippen LogP contribution < -0.4 is 10.5 Å². The van der Waals surface area contributed by atoms with Crippen LogP contribution in [-0.2, 0) is 17.8 Å². The number of nitrogens with two attached hydrogens (primary N) is 1. The minimum absolute atomic E-state index is 0.180. The second-order valence-corrected chi connectivity index (χ2v) is 4.34. The Labute approximate surface area is 118 Å². The van der Waals surface area contributed by atoms with E-state index in [1.165, 1.54) is 5.56 Å². The van der Waals surface area contributed by atoms with E-state index in [0.29, 0.717) is 6.61 Å². The normalized spacial score (nSPS) is 10.0. The maximum Gasteiger partial charge on any atom is 0.404 e. The van der Waals surface area contributed by atoms with E-state index in [1.54, 1.807) is 0 Å². The van der Waals surface area contributed by atoms with E-state index in [9.17, 15) is 4.79 Å². The van der Waals surface area contributed by atoms with Crippen molar-refractivity contribution in [2.45, 2.75) is 13.0 Å². The predicted octanol–water partition coefficient (Wildman–Crippen LogP) is 2.90. The molecule has 0 heterocycles. The topological polar surface area (TPSA) is 61.6 Å². The fourth-order valence-corrected chi connectivity index (χ4v) is 1.77. The zero-order valence-electron chi connectivity index (χ0n) is 11.1. The molecule has 0 aliphatic heterocycles. The second-order valence-electron chi connectivity index (χ2n) is 4.34. The minimum Gasteiger partial charge on any atom is -0.493 e. The number of ether oxygens (including phenoxy) is 2. The zero-order valence-corrected chi connectivity index (χ0v) is 11.1. The van der Waals surface area contributed by atoms with E-state index in [1.807, 2.05) is 42.5 Å². The number of carbonyl (C=O) groups excluding carboxylic acids is 1. The van der Waals surface area contributed by atoms with Crippen molar-refractivity contribution in [3.63, 3.8) is 0 Å². The maximum absolute atomic E-state index is 10.5. The molecule has 0 spiro atoms. The van der Waals surface area contributed by atoms with E-state index in [0.717, 1.165) is 17.7 Å². The van der Waals surface area contributed by atoms with Gasteiger partial charge in [-0.1, -0.05) is 42.5 Å². The standard InChI is InChI=1S/C16H17NO3/c17-16(18)20-12-14-6-8-15(9-7-14)19-11-10-13-4-2-1-3-5-13/h1-9H,10-12H2,(H2,17,18). The lowest BCUT2D eigenvalue weighted by atomic mass is 10.2. The first-order chi connectivity index (χ1) is 9.74. The van der Waals surface area contributed by atoms with Crippen molar-refractivity contribution in [1.29, 1.82) is 0 Å². The molecule has 0 fully saturated rings. The van der Waals surface area contributed by atoms with E-state index in [-0.39, 0.29) is 6.61 Å². The van der Waals surface area contributed by atoms with Crippen LogP contribution in [0.25, 0.3) is 0 Å². The van der Waals surface area contributed by atoms with Crippen LogP contribution >= 0.6 is 0 Å². The fourth-order valence-electron chi connectivity index (χ4n) is 1.77. The van der Waals surface area contributed by atoms with Gasteiger partial charge in [0.1, 0.15) is 12.4 Å². The molecule has 0 atom stereocenters. The van der Waals surface area contributed by atoms with Gasteiger partial charge in [0.05, 0.1) is 6.61 Å². The average molecular weight is 271 g/mol. The molecule has 4 nitrogen and oxygen atoms in total. The van der Waals surface area contributed by atoms with Crippen LogP contribution in [0, 0.1) is 0 Å². The monoisotopic (exact) mass is 271 g/mol. The van der Waals surface area contributed by atoms with Gasteiger partial charge in [-0.15, -0.1) is 0 Å². The molecule has 0 radical (unpaired) electrons. The van der Waals surface area contributed by atoms with E-state index in [2.05, 4.69) is 12.1 Å². The third kappa shape index (κ3) is 4.65. The number of hydrogen-bond acceptors (Lipinski definition) is 3. The summed E-state index contributed by atoms with van der Waals surface area (Å²) in [5.74, 6) is 0.795. The van der Waals surface area contributed by atoms with Gasteiger partial charge in [-0.05, 0) is 23.3 Å². The first-order valence-corrected chi connectivity index (χ1v) is 6.42. The van der Waals surface area contributed by atoms with Gasteiger partial charge >= 0.3 is 6.09 Å². The SMILES string of the molecule is NC(=O)OCc1ccc(OCCc2ccccc2)cc1. The first kappa shape index (κ1) is 13.9. The van der Waals surface area contributed by atoms with E-state index >= 15 is 0 Å². The van der Waals surface area contributed by atoms with Crippen molar-refractivity contribution in [3.8, 4) is 5.75 Å². The Morgan fingerprint density at radius 3 is 2.30 bits per heavy atom. The lowest BCUT2D eigenvalue weighted by Crippen LogP contribution is -2.12. The molecule has 104 valence electrons. The van der Waals surface area contributed by atoms with Crippen LogP contribution in [-0.4, -0.2) is 12.7 Å². The Hall–Kier alpha value is -2.49. The van der Waals surface area contributed by atoms with Gasteiger partial charge in [0.2, 0.25) is 0 Å². The molecule has 4 heteroatoms. The summed E-state index contributed by atoms with van der Waals surface area (Å²) >= 11 is 0. The number of amides is 1. The van der Waals surface area contributed by atoms with Crippen molar-refractivity contribution in [2.75, 3.05) is 6.61 Å². The Bertz CT molecular complexity index is 537. The van der Waals surface area contributed by atoms with Crippen LogP contribution in [0.1, 0.15) is 11.1 Å². The molecule has 20 heavy (non-hydrogen) atoms. The van der Waals surface area contributed by atoms with E-state index in [4.69, 9.17) is 15.2 Å². The zero-order chi connectivity index (χ0) is 14.2. The second kappa shape index (κ2) is 7.19. The van der Waals surface area contributed by atoms with Crippen molar-refractivity contribution in [2.24, 2.45) is 5.73 Å². The highest BCUT2D eigenvalue weighted by atomic mass is 16.5. The number of benzene rings is 2. The molecule has 2 aromatic carbocycles. The third-order valence-corrected chi connectivity index (χ3v) is 2.81. The molecule has 0 saturated heterocycles. The molecule has 0 aliphatic rings. The summed E-state index contributed by atoms with van der Waals surface area (Å²) in [6.07, 6.45) is 0.0982. The van der Waals surface area contributed by atoms with Crippen molar-refractivity contribution < 1.29 is 14.3 Å². The van der Waals surface area contributed by atoms with Crippen LogP contribution in [0.3, 0.4) is 0 Å². The van der Waals surface area contributed by atoms with Crippen LogP contribution in [0.4, 0.5) is 4.79 Å². The van der Waals surface area contributed by atoms with Gasteiger partial charge in [-0.3, -0.25) is 0 Å². The quantitative estimate of drug-likeness (QED) is 0.878. The van der Waals surface area contributed by atoms with Gasteiger partial charge < -0.3 is 15.2 Å². The molecule has 0 bridgehead atoms. The largest absolute Gasteiger partial charge is 0.493 e. The Morgan fingerprint density at radius 1 is 0.950 bits per heavy atom. The Kier molecular flexibility index (Phi) is 5.00. The van der Waals surface area contributed by atoms with Crippen molar-refractivity contribution in [1.82, 2.24) is 0 Å². The molecule has 0 saturated carbocycles. The Balaban J connectivity index is 1.77. The first-order valence-electron chi connectivity index (χ1n) is 6.42. The van der Waals surface area contributed by atoms with Gasteiger partial charge in [-0.25, -0.2) is 4.79 Å². The predicted molar refractivity (Wildman–Crippen MR) is 76.5 cm³/mol. The third-order valence-electron chi connectivity index (χ3n) is 2.81. The highest BCUT2D eigenvalue weighted by molar-refractivity contribution is 5.64. The molecule has 2 aromatic rings. The maximum atomic E-state index is 10.5. The van der Waals surface area contributed by atoms with Crippen LogP contribution in [0.15, 0.2) is 54.6 Å². The minimum atomic E-state index is -0.770. The van der Waals surface area contributed by atoms with Crippen molar-refractivity contribution >= 4 is 6.09 Å². The molecule has 0 aromatic heterocycles. The van der Waals surface area contributed by atoms with Gasteiger partial charge in [-0.2, -0.15) is 0 Å². The van der Waals surface area contributed by atoms with Crippen molar-refractivity contribution in [3.05, 3.63) is 65.7 Å². The summed E-state index contributed by atoms with van der Waals surface area (Å²) in [6.45, 7) is 0.806. The highest BCUT2D eigenvalue weighted by Gasteiger charge is 1.99. The molecule has 2 rings (SSSR count). The van der Waals surface area contributed by atoms with Gasteiger partial charge in [0, 0.05) is 6.42 Å². The molecule has 2 N–H and O–H groups in total. The molecule has 0 aliphatic carbocycles. The lowest BCUT2D eigenvalue weighted by molar-refractivity contribution is 0.150. The van der Waals surface area contributed by atoms with Crippen LogP contribution in [0.2, 0.25) is 0 Å². The number of hydrogen-bond donors (Lipinski definition) is 1. The molecule has 1 amide bonds. The lowest BCUT2D eigenvalue weighted by Gasteiger charge is -2.07. The molecular formula is C16H17NO3. The number of carbonyl (C=O) groups is 1. The fraction of sp³-hybridized carbons (Fsp3) is 0.188. The summed E-state index contributed by atoms with van der Waals surface area (Å²) in [5.41, 5.74) is 7.03. The van der Waals surface area contributed by atoms with Gasteiger partial charge in [0.25, 0.3) is 0 Å². The summed E-state index contributed by atoms with van der Waals surface area (Å²) in [7, 11) is 0. The average Bonchev–Trinajstić information content (AvgIpc) is 2.47. The molecular weight excluding hydrogens is 254 g/mol. The summed E-state index contributed by atoms with van der Waals surface area (Å²) in [4.78, 5) is 10.5. The highest BCUT2D eigenvalue weighted by Crippen LogP contribution is 2.13. The number of rotatable bonds is 6. The number of primary amides is 1. The summed E-state index contributed by atoms with van der Waals surface area (Å²) in [6, 6.07) is 17.6. The smallest absolute Gasteiger partial charge is 0.404 e. The Morgan fingerprint density at radius 2 is 1.65 bits per heavy atom. The summed E-state index contributed by atoms with van der Waals surface area (Å²) < 4.78 is 10.4. The van der Waals surface area contributed by atoms with Gasteiger partial charge in [0.15, 0.2) is 0 Å². The summed E-state index contributed by atoms with van der Waals surface area (Å²) in [5, 5.41) is 0. The molecule has 0 unspecified atom stereocenters. The van der Waals surface area contributed by atoms with E-state index < -0.39 is 6.09 Å².